The maximum atomic E-state index is 11.4. The van der Waals surface area contributed by atoms with Crippen molar-refractivity contribution < 1.29 is 9.90 Å². The van der Waals surface area contributed by atoms with Crippen molar-refractivity contribution in [1.29, 1.82) is 0 Å². The van der Waals surface area contributed by atoms with Gasteiger partial charge in [-0.25, -0.2) is 4.98 Å². The molecule has 0 spiro atoms. The number of carboxylic acid groups (broad SMARTS) is 1. The SMILES string of the molecule is O=C(O)CC(Nc1cccc2c1ncn2Cc1ccccc1)c1ccccc1. The van der Waals surface area contributed by atoms with Crippen LogP contribution in [0, 0.1) is 0 Å². The molecule has 1 aromatic heterocycles. The molecule has 140 valence electrons. The van der Waals surface area contributed by atoms with E-state index in [0.29, 0.717) is 0 Å². The minimum atomic E-state index is -0.844. The maximum absolute atomic E-state index is 11.4. The number of hydrogen-bond acceptors (Lipinski definition) is 3. The molecule has 0 radical (unpaired) electrons. The van der Waals surface area contributed by atoms with Crippen molar-refractivity contribution in [1.82, 2.24) is 9.55 Å². The number of rotatable bonds is 7. The Labute approximate surface area is 163 Å². The van der Waals surface area contributed by atoms with Crippen LogP contribution >= 0.6 is 0 Å². The molecule has 1 atom stereocenters. The number of carboxylic acids is 1. The van der Waals surface area contributed by atoms with Crippen molar-refractivity contribution in [2.24, 2.45) is 0 Å². The van der Waals surface area contributed by atoms with Gasteiger partial charge in [0.15, 0.2) is 0 Å². The van der Waals surface area contributed by atoms with Crippen molar-refractivity contribution in [2.75, 3.05) is 5.32 Å². The first-order valence-electron chi connectivity index (χ1n) is 9.22. The van der Waals surface area contributed by atoms with Crippen LogP contribution in [0.3, 0.4) is 0 Å². The molecule has 3 aromatic carbocycles. The Morgan fingerprint density at radius 2 is 1.68 bits per heavy atom. The van der Waals surface area contributed by atoms with Gasteiger partial charge in [0, 0.05) is 6.54 Å². The summed E-state index contributed by atoms with van der Waals surface area (Å²) in [6.07, 6.45) is 1.82. The smallest absolute Gasteiger partial charge is 0.305 e. The quantitative estimate of drug-likeness (QED) is 0.494. The number of carbonyl (C=O) groups is 1. The van der Waals surface area contributed by atoms with Gasteiger partial charge >= 0.3 is 5.97 Å². The van der Waals surface area contributed by atoms with Crippen LogP contribution in [0.25, 0.3) is 11.0 Å². The number of nitrogens with zero attached hydrogens (tertiary/aromatic N) is 2. The number of imidazole rings is 1. The lowest BCUT2D eigenvalue weighted by molar-refractivity contribution is -0.137. The van der Waals surface area contributed by atoms with Crippen LogP contribution in [0.2, 0.25) is 0 Å². The van der Waals surface area contributed by atoms with E-state index in [9.17, 15) is 9.90 Å². The van der Waals surface area contributed by atoms with Crippen molar-refractivity contribution in [3.63, 3.8) is 0 Å². The molecule has 4 rings (SSSR count). The topological polar surface area (TPSA) is 67.2 Å². The van der Waals surface area contributed by atoms with Gasteiger partial charge in [-0.05, 0) is 23.3 Å². The molecule has 0 fully saturated rings. The van der Waals surface area contributed by atoms with Gasteiger partial charge in [0.2, 0.25) is 0 Å². The average molecular weight is 371 g/mol. The number of hydrogen-bond donors (Lipinski definition) is 2. The van der Waals surface area contributed by atoms with Gasteiger partial charge in [0.05, 0.1) is 30.0 Å². The second-order valence-corrected chi connectivity index (χ2v) is 6.74. The van der Waals surface area contributed by atoms with E-state index in [-0.39, 0.29) is 12.5 Å². The molecule has 0 saturated carbocycles. The van der Waals surface area contributed by atoms with E-state index in [1.165, 1.54) is 5.56 Å². The minimum absolute atomic E-state index is 0.00880. The third kappa shape index (κ3) is 3.88. The first kappa shape index (κ1) is 17.8. The summed E-state index contributed by atoms with van der Waals surface area (Å²) in [6, 6.07) is 25.5. The second kappa shape index (κ2) is 7.96. The van der Waals surface area contributed by atoms with Crippen LogP contribution in [0.1, 0.15) is 23.6 Å². The standard InChI is InChI=1S/C23H21N3O2/c27-22(28)14-20(18-10-5-2-6-11-18)25-19-12-7-13-21-23(19)24-16-26(21)15-17-8-3-1-4-9-17/h1-13,16,20,25H,14-15H2,(H,27,28). The Balaban J connectivity index is 1.65. The average Bonchev–Trinajstić information content (AvgIpc) is 3.12. The van der Waals surface area contributed by atoms with Gasteiger partial charge in [0.25, 0.3) is 0 Å². The van der Waals surface area contributed by atoms with Crippen molar-refractivity contribution in [3.05, 3.63) is 96.3 Å². The number of fused-ring (bicyclic) bond motifs is 1. The fraction of sp³-hybridized carbons (Fsp3) is 0.130. The predicted octanol–water partition coefficient (Wildman–Crippen LogP) is 4.71. The summed E-state index contributed by atoms with van der Waals surface area (Å²) in [4.78, 5) is 16.0. The molecule has 0 aliphatic heterocycles. The number of aliphatic carboxylic acids is 1. The second-order valence-electron chi connectivity index (χ2n) is 6.74. The monoisotopic (exact) mass is 371 g/mol. The minimum Gasteiger partial charge on any atom is -0.481 e. The van der Waals surface area contributed by atoms with E-state index in [4.69, 9.17) is 0 Å². The molecular weight excluding hydrogens is 350 g/mol. The van der Waals surface area contributed by atoms with Gasteiger partial charge in [-0.15, -0.1) is 0 Å². The molecule has 1 unspecified atom stereocenters. The third-order valence-corrected chi connectivity index (χ3v) is 4.76. The van der Waals surface area contributed by atoms with Gasteiger partial charge in [-0.3, -0.25) is 4.79 Å². The highest BCUT2D eigenvalue weighted by Gasteiger charge is 2.17. The molecular formula is C23H21N3O2. The summed E-state index contributed by atoms with van der Waals surface area (Å²) in [5, 5.41) is 12.7. The number of aromatic nitrogens is 2. The lowest BCUT2D eigenvalue weighted by Gasteiger charge is -2.19. The Morgan fingerprint density at radius 3 is 2.39 bits per heavy atom. The lowest BCUT2D eigenvalue weighted by atomic mass is 10.0. The summed E-state index contributed by atoms with van der Waals surface area (Å²) in [5.74, 6) is -0.844. The van der Waals surface area contributed by atoms with Crippen LogP contribution < -0.4 is 5.32 Å². The zero-order valence-corrected chi connectivity index (χ0v) is 15.3. The zero-order chi connectivity index (χ0) is 19.3. The summed E-state index contributed by atoms with van der Waals surface area (Å²) in [5.41, 5.74) is 4.82. The highest BCUT2D eigenvalue weighted by atomic mass is 16.4. The molecule has 0 amide bonds. The highest BCUT2D eigenvalue weighted by molar-refractivity contribution is 5.89. The van der Waals surface area contributed by atoms with E-state index in [0.717, 1.165) is 28.8 Å². The summed E-state index contributed by atoms with van der Waals surface area (Å²) in [6.45, 7) is 0.734. The fourth-order valence-corrected chi connectivity index (χ4v) is 3.41. The Hall–Kier alpha value is -3.60. The van der Waals surface area contributed by atoms with Crippen molar-refractivity contribution >= 4 is 22.7 Å². The van der Waals surface area contributed by atoms with Crippen molar-refractivity contribution in [2.45, 2.75) is 19.0 Å². The third-order valence-electron chi connectivity index (χ3n) is 4.76. The largest absolute Gasteiger partial charge is 0.481 e. The van der Waals surface area contributed by atoms with Crippen LogP contribution in [-0.4, -0.2) is 20.6 Å². The Kier molecular flexibility index (Phi) is 5.06. The molecule has 28 heavy (non-hydrogen) atoms. The van der Waals surface area contributed by atoms with Gasteiger partial charge in [-0.1, -0.05) is 66.7 Å². The molecule has 0 bridgehead atoms. The predicted molar refractivity (Wildman–Crippen MR) is 110 cm³/mol. The van der Waals surface area contributed by atoms with Gasteiger partial charge in [-0.2, -0.15) is 0 Å². The van der Waals surface area contributed by atoms with Gasteiger partial charge in [0.1, 0.15) is 5.52 Å². The van der Waals surface area contributed by atoms with Crippen LogP contribution in [0.15, 0.2) is 85.2 Å². The fourth-order valence-electron chi connectivity index (χ4n) is 3.41. The Bertz CT molecular complexity index is 1070. The lowest BCUT2D eigenvalue weighted by Crippen LogP contribution is -2.15. The van der Waals surface area contributed by atoms with E-state index < -0.39 is 5.97 Å². The summed E-state index contributed by atoms with van der Waals surface area (Å²) < 4.78 is 2.10. The Morgan fingerprint density at radius 1 is 0.964 bits per heavy atom. The van der Waals surface area contributed by atoms with E-state index in [2.05, 4.69) is 27.0 Å². The first-order valence-corrected chi connectivity index (χ1v) is 9.22. The summed E-state index contributed by atoms with van der Waals surface area (Å²) >= 11 is 0. The number of benzene rings is 3. The molecule has 5 heteroatoms. The molecule has 1 heterocycles. The van der Waals surface area contributed by atoms with Crippen LogP contribution in [0.5, 0.6) is 0 Å². The molecule has 4 aromatic rings. The number of anilines is 1. The maximum Gasteiger partial charge on any atom is 0.305 e. The highest BCUT2D eigenvalue weighted by Crippen LogP contribution is 2.28. The summed E-state index contributed by atoms with van der Waals surface area (Å²) in [7, 11) is 0. The molecule has 0 aliphatic carbocycles. The van der Waals surface area contributed by atoms with Crippen molar-refractivity contribution in [3.8, 4) is 0 Å². The molecule has 0 saturated heterocycles. The van der Waals surface area contributed by atoms with Gasteiger partial charge < -0.3 is 15.0 Å². The molecule has 0 aliphatic rings. The zero-order valence-electron chi connectivity index (χ0n) is 15.3. The number of para-hydroxylation sites is 1. The van der Waals surface area contributed by atoms with Crippen LogP contribution in [-0.2, 0) is 11.3 Å². The van der Waals surface area contributed by atoms with Crippen LogP contribution in [0.4, 0.5) is 5.69 Å². The molecule has 2 N–H and O–H groups in total. The molecule has 5 nitrogen and oxygen atoms in total. The normalized spacial score (nSPS) is 12.0. The number of nitrogens with one attached hydrogen (secondary N) is 1. The van der Waals surface area contributed by atoms with E-state index in [1.54, 1.807) is 0 Å². The first-order chi connectivity index (χ1) is 13.7. The van der Waals surface area contributed by atoms with E-state index in [1.807, 2.05) is 73.1 Å². The van der Waals surface area contributed by atoms with E-state index >= 15 is 0 Å².